The van der Waals surface area contributed by atoms with Gasteiger partial charge in [0.05, 0.1) is 12.2 Å². The Labute approximate surface area is 140 Å². The quantitative estimate of drug-likeness (QED) is 0.755. The van der Waals surface area contributed by atoms with Crippen LogP contribution in [0.15, 0.2) is 61.1 Å². The normalized spacial score (nSPS) is 10.2. The van der Waals surface area contributed by atoms with Gasteiger partial charge >= 0.3 is 0 Å². The van der Waals surface area contributed by atoms with Crippen LogP contribution < -0.4 is 10.6 Å². The number of hydrogen-bond donors (Lipinski definition) is 2. The highest BCUT2D eigenvalue weighted by molar-refractivity contribution is 6.03. The molecule has 0 aliphatic rings. The van der Waals surface area contributed by atoms with E-state index in [0.717, 1.165) is 16.9 Å². The molecular weight excluding hydrogens is 302 g/mol. The SMILES string of the molecule is Cc1ccc(NC(=O)c2cc(NCc3ccccn3)ncn2)cc1. The minimum atomic E-state index is -0.276. The van der Waals surface area contributed by atoms with Crippen LogP contribution in [0.25, 0.3) is 0 Å². The lowest BCUT2D eigenvalue weighted by Gasteiger charge is -2.07. The van der Waals surface area contributed by atoms with Crippen LogP contribution in [0.4, 0.5) is 11.5 Å². The summed E-state index contributed by atoms with van der Waals surface area (Å²) in [6.07, 6.45) is 3.10. The van der Waals surface area contributed by atoms with Crippen molar-refractivity contribution < 1.29 is 4.79 Å². The minimum Gasteiger partial charge on any atom is -0.364 e. The Hall–Kier alpha value is -3.28. The second-order valence-corrected chi connectivity index (χ2v) is 5.28. The van der Waals surface area contributed by atoms with Gasteiger partial charge in [-0.2, -0.15) is 0 Å². The van der Waals surface area contributed by atoms with E-state index in [1.807, 2.05) is 49.4 Å². The van der Waals surface area contributed by atoms with Gasteiger partial charge in [-0.15, -0.1) is 0 Å². The van der Waals surface area contributed by atoms with E-state index in [9.17, 15) is 4.79 Å². The molecule has 1 amide bonds. The standard InChI is InChI=1S/C18H17N5O/c1-13-5-7-14(8-6-13)23-18(24)16-10-17(22-12-21-16)20-11-15-4-2-3-9-19-15/h2-10,12H,11H2,1H3,(H,23,24)(H,20,21,22). The molecule has 0 radical (unpaired) electrons. The van der Waals surface area contributed by atoms with Gasteiger partial charge in [0.25, 0.3) is 5.91 Å². The molecule has 2 aromatic heterocycles. The summed E-state index contributed by atoms with van der Waals surface area (Å²) in [5, 5.41) is 5.95. The average molecular weight is 319 g/mol. The molecule has 120 valence electrons. The molecule has 0 aliphatic heterocycles. The van der Waals surface area contributed by atoms with Crippen molar-refractivity contribution in [3.05, 3.63) is 78.0 Å². The van der Waals surface area contributed by atoms with E-state index in [2.05, 4.69) is 25.6 Å². The Morgan fingerprint density at radius 2 is 1.88 bits per heavy atom. The number of carbonyl (C=O) groups is 1. The number of carbonyl (C=O) groups excluding carboxylic acids is 1. The van der Waals surface area contributed by atoms with Crippen molar-refractivity contribution in [2.45, 2.75) is 13.5 Å². The number of rotatable bonds is 5. The average Bonchev–Trinajstić information content (AvgIpc) is 2.63. The van der Waals surface area contributed by atoms with E-state index in [-0.39, 0.29) is 5.91 Å². The summed E-state index contributed by atoms with van der Waals surface area (Å²) in [5.74, 6) is 0.298. The maximum absolute atomic E-state index is 12.3. The van der Waals surface area contributed by atoms with Crippen molar-refractivity contribution in [3.8, 4) is 0 Å². The highest BCUT2D eigenvalue weighted by atomic mass is 16.1. The number of pyridine rings is 1. The molecule has 0 bridgehead atoms. The van der Waals surface area contributed by atoms with Gasteiger partial charge in [0.2, 0.25) is 0 Å². The molecule has 2 N–H and O–H groups in total. The van der Waals surface area contributed by atoms with Crippen LogP contribution in [0.1, 0.15) is 21.7 Å². The number of aryl methyl sites for hydroxylation is 1. The smallest absolute Gasteiger partial charge is 0.274 e. The Kier molecular flexibility index (Phi) is 4.76. The van der Waals surface area contributed by atoms with Gasteiger partial charge < -0.3 is 10.6 Å². The van der Waals surface area contributed by atoms with Crippen molar-refractivity contribution in [1.29, 1.82) is 0 Å². The summed E-state index contributed by atoms with van der Waals surface area (Å²) in [7, 11) is 0. The lowest BCUT2D eigenvalue weighted by Crippen LogP contribution is -2.14. The van der Waals surface area contributed by atoms with E-state index >= 15 is 0 Å². The Morgan fingerprint density at radius 1 is 1.04 bits per heavy atom. The van der Waals surface area contributed by atoms with Crippen LogP contribution in [0, 0.1) is 6.92 Å². The number of anilines is 2. The predicted molar refractivity (Wildman–Crippen MR) is 92.7 cm³/mol. The fourth-order valence-electron chi connectivity index (χ4n) is 2.09. The third-order valence-corrected chi connectivity index (χ3v) is 3.39. The molecule has 3 rings (SSSR count). The second kappa shape index (κ2) is 7.32. The topological polar surface area (TPSA) is 79.8 Å². The fraction of sp³-hybridized carbons (Fsp3) is 0.111. The molecule has 0 atom stereocenters. The van der Waals surface area contributed by atoms with E-state index in [1.54, 1.807) is 12.3 Å². The van der Waals surface area contributed by atoms with E-state index in [0.29, 0.717) is 18.1 Å². The molecule has 0 aliphatic carbocycles. The lowest BCUT2D eigenvalue weighted by atomic mass is 10.2. The molecule has 6 nitrogen and oxygen atoms in total. The van der Waals surface area contributed by atoms with Gasteiger partial charge in [0.1, 0.15) is 17.8 Å². The molecule has 6 heteroatoms. The maximum Gasteiger partial charge on any atom is 0.274 e. The number of nitrogens with zero attached hydrogens (tertiary/aromatic N) is 3. The Balaban J connectivity index is 1.65. The summed E-state index contributed by atoms with van der Waals surface area (Å²) in [4.78, 5) is 24.7. The molecule has 2 heterocycles. The highest BCUT2D eigenvalue weighted by Gasteiger charge is 2.09. The van der Waals surface area contributed by atoms with Gasteiger partial charge in [-0.1, -0.05) is 23.8 Å². The first-order valence-electron chi connectivity index (χ1n) is 7.54. The Morgan fingerprint density at radius 3 is 2.62 bits per heavy atom. The van der Waals surface area contributed by atoms with Crippen LogP contribution in [0.2, 0.25) is 0 Å². The van der Waals surface area contributed by atoms with E-state index in [1.165, 1.54) is 6.33 Å². The minimum absolute atomic E-state index is 0.276. The van der Waals surface area contributed by atoms with Gasteiger partial charge in [0, 0.05) is 18.0 Å². The zero-order chi connectivity index (χ0) is 16.8. The molecule has 24 heavy (non-hydrogen) atoms. The summed E-state index contributed by atoms with van der Waals surface area (Å²) < 4.78 is 0. The van der Waals surface area contributed by atoms with Gasteiger partial charge in [-0.25, -0.2) is 9.97 Å². The lowest BCUT2D eigenvalue weighted by molar-refractivity contribution is 0.102. The zero-order valence-corrected chi connectivity index (χ0v) is 13.2. The highest BCUT2D eigenvalue weighted by Crippen LogP contribution is 2.11. The van der Waals surface area contributed by atoms with Gasteiger partial charge in [-0.3, -0.25) is 9.78 Å². The Bertz CT molecular complexity index is 818. The van der Waals surface area contributed by atoms with Crippen LogP contribution in [0.5, 0.6) is 0 Å². The van der Waals surface area contributed by atoms with Crippen molar-refractivity contribution in [3.63, 3.8) is 0 Å². The first kappa shape index (κ1) is 15.6. The summed E-state index contributed by atoms with van der Waals surface area (Å²) in [6, 6.07) is 14.9. The molecule has 0 fully saturated rings. The predicted octanol–water partition coefficient (Wildman–Crippen LogP) is 3.04. The second-order valence-electron chi connectivity index (χ2n) is 5.28. The van der Waals surface area contributed by atoms with Gasteiger partial charge in [0.15, 0.2) is 0 Å². The van der Waals surface area contributed by atoms with E-state index < -0.39 is 0 Å². The van der Waals surface area contributed by atoms with Crippen LogP contribution in [-0.2, 0) is 6.54 Å². The summed E-state index contributed by atoms with van der Waals surface area (Å²) >= 11 is 0. The fourth-order valence-corrected chi connectivity index (χ4v) is 2.09. The first-order valence-corrected chi connectivity index (χ1v) is 7.54. The molecular formula is C18H17N5O. The maximum atomic E-state index is 12.3. The number of benzene rings is 1. The molecule has 0 saturated heterocycles. The monoisotopic (exact) mass is 319 g/mol. The summed E-state index contributed by atoms with van der Waals surface area (Å²) in [6.45, 7) is 2.52. The number of nitrogens with one attached hydrogen (secondary N) is 2. The molecule has 1 aromatic carbocycles. The number of amides is 1. The molecule has 0 spiro atoms. The number of hydrogen-bond acceptors (Lipinski definition) is 5. The van der Waals surface area contributed by atoms with Crippen molar-refractivity contribution in [2.75, 3.05) is 10.6 Å². The van der Waals surface area contributed by atoms with Crippen molar-refractivity contribution >= 4 is 17.4 Å². The van der Waals surface area contributed by atoms with Gasteiger partial charge in [-0.05, 0) is 31.2 Å². The molecule has 3 aromatic rings. The third kappa shape index (κ3) is 4.13. The first-order chi connectivity index (χ1) is 11.7. The summed E-state index contributed by atoms with van der Waals surface area (Å²) in [5.41, 5.74) is 3.05. The van der Waals surface area contributed by atoms with Crippen LogP contribution >= 0.6 is 0 Å². The molecule has 0 unspecified atom stereocenters. The van der Waals surface area contributed by atoms with Crippen molar-refractivity contribution in [1.82, 2.24) is 15.0 Å². The van der Waals surface area contributed by atoms with E-state index in [4.69, 9.17) is 0 Å². The number of aromatic nitrogens is 3. The largest absolute Gasteiger partial charge is 0.364 e. The third-order valence-electron chi connectivity index (χ3n) is 3.39. The molecule has 0 saturated carbocycles. The van der Waals surface area contributed by atoms with Crippen molar-refractivity contribution in [2.24, 2.45) is 0 Å². The zero-order valence-electron chi connectivity index (χ0n) is 13.2. The van der Waals surface area contributed by atoms with Crippen LogP contribution in [0.3, 0.4) is 0 Å². The van der Waals surface area contributed by atoms with Crippen LogP contribution in [-0.4, -0.2) is 20.9 Å².